The smallest absolute Gasteiger partial charge is 0.306 e. The first kappa shape index (κ1) is 57.6. The van der Waals surface area contributed by atoms with Gasteiger partial charge in [-0.05, 0) is 38.5 Å². The lowest BCUT2D eigenvalue weighted by Crippen LogP contribution is -2.28. The van der Waals surface area contributed by atoms with Crippen molar-refractivity contribution in [2.75, 3.05) is 13.2 Å². The second-order valence-electron chi connectivity index (χ2n) is 18.3. The molecule has 0 spiro atoms. The van der Waals surface area contributed by atoms with Gasteiger partial charge in [0, 0.05) is 12.8 Å². The number of hydrogen-bond donors (Lipinski definition) is 1. The van der Waals surface area contributed by atoms with Crippen molar-refractivity contribution in [3.8, 4) is 0 Å². The molecule has 0 rings (SSSR count). The van der Waals surface area contributed by atoms with Crippen molar-refractivity contribution in [3.05, 3.63) is 12.2 Å². The van der Waals surface area contributed by atoms with Crippen LogP contribution in [0.3, 0.4) is 0 Å². The molecule has 0 aromatic heterocycles. The molecule has 0 aromatic rings. The predicted molar refractivity (Wildman–Crippen MR) is 256 cm³/mol. The van der Waals surface area contributed by atoms with Crippen LogP contribution in [0.5, 0.6) is 0 Å². The van der Waals surface area contributed by atoms with Crippen LogP contribution in [0, 0.1) is 0 Å². The normalized spacial score (nSPS) is 12.1. The fourth-order valence-electron chi connectivity index (χ4n) is 8.26. The highest BCUT2D eigenvalue weighted by Gasteiger charge is 2.16. The lowest BCUT2D eigenvalue weighted by atomic mass is 10.0. The summed E-state index contributed by atoms with van der Waals surface area (Å²) in [5.74, 6) is -0.583. The fourth-order valence-corrected chi connectivity index (χ4v) is 8.26. The minimum atomic E-state index is -0.770. The summed E-state index contributed by atoms with van der Waals surface area (Å²) in [6.45, 7) is 4.16. The zero-order valence-corrected chi connectivity index (χ0v) is 40.0. The van der Waals surface area contributed by atoms with Gasteiger partial charge in [0.1, 0.15) is 6.61 Å². The van der Waals surface area contributed by atoms with Crippen LogP contribution < -0.4 is 0 Å². The lowest BCUT2D eigenvalue weighted by Gasteiger charge is -2.15. The summed E-state index contributed by atoms with van der Waals surface area (Å²) >= 11 is 0. The van der Waals surface area contributed by atoms with Gasteiger partial charge in [0.2, 0.25) is 0 Å². The van der Waals surface area contributed by atoms with Gasteiger partial charge in [-0.1, -0.05) is 264 Å². The van der Waals surface area contributed by atoms with Crippen molar-refractivity contribution >= 4 is 11.9 Å². The molecule has 1 atom stereocenters. The largest absolute Gasteiger partial charge is 0.462 e. The quantitative estimate of drug-likeness (QED) is 0.0375. The molecule has 5 heteroatoms. The molecule has 1 N–H and O–H groups in total. The minimum Gasteiger partial charge on any atom is -0.462 e. The van der Waals surface area contributed by atoms with Crippen molar-refractivity contribution in [1.82, 2.24) is 0 Å². The second kappa shape index (κ2) is 51.0. The van der Waals surface area contributed by atoms with E-state index >= 15 is 0 Å². The molecule has 0 aliphatic heterocycles. The summed E-state index contributed by atoms with van der Waals surface area (Å²) in [7, 11) is 0. The van der Waals surface area contributed by atoms with Crippen LogP contribution in [0.25, 0.3) is 0 Å². The van der Waals surface area contributed by atoms with Gasteiger partial charge in [0.05, 0.1) is 6.61 Å². The Morgan fingerprint density at radius 2 is 0.627 bits per heavy atom. The number of carbonyl (C=O) groups excluding carboxylic acids is 2. The third-order valence-electron chi connectivity index (χ3n) is 12.3. The standard InChI is InChI=1S/C54H104O5/c1-3-5-7-9-11-13-15-17-19-20-21-22-23-24-25-26-27-28-29-30-31-32-33-34-35-37-38-40-42-44-46-48-53(56)58-51-52(50-55)59-54(57)49-47-45-43-41-39-36-18-16-14-12-10-8-6-4-2/h16,18,52,55H,3-15,17,19-51H2,1-2H3/b18-16-. The minimum absolute atomic E-state index is 0.0626. The molecule has 1 unspecified atom stereocenters. The van der Waals surface area contributed by atoms with E-state index in [9.17, 15) is 14.7 Å². The van der Waals surface area contributed by atoms with Gasteiger partial charge in [-0.3, -0.25) is 9.59 Å². The van der Waals surface area contributed by atoms with E-state index < -0.39 is 6.10 Å². The summed E-state index contributed by atoms with van der Waals surface area (Å²) in [5, 5.41) is 9.60. The van der Waals surface area contributed by atoms with Crippen molar-refractivity contribution in [3.63, 3.8) is 0 Å². The maximum absolute atomic E-state index is 12.2. The molecule has 0 aliphatic carbocycles. The van der Waals surface area contributed by atoms with Crippen LogP contribution in [-0.4, -0.2) is 36.4 Å². The van der Waals surface area contributed by atoms with Crippen LogP contribution in [0.4, 0.5) is 0 Å². The first-order chi connectivity index (χ1) is 29.1. The summed E-state index contributed by atoms with van der Waals surface area (Å²) in [6, 6.07) is 0. The number of ether oxygens (including phenoxy) is 2. The predicted octanol–water partition coefficient (Wildman–Crippen LogP) is 17.6. The molecule has 0 radical (unpaired) electrons. The van der Waals surface area contributed by atoms with E-state index in [1.807, 2.05) is 0 Å². The molecule has 59 heavy (non-hydrogen) atoms. The Bertz CT molecular complexity index is 856. The number of esters is 2. The van der Waals surface area contributed by atoms with Gasteiger partial charge in [-0.25, -0.2) is 0 Å². The number of aliphatic hydroxyl groups excluding tert-OH is 1. The molecule has 0 amide bonds. The van der Waals surface area contributed by atoms with Gasteiger partial charge in [0.25, 0.3) is 0 Å². The van der Waals surface area contributed by atoms with E-state index in [1.165, 1.54) is 238 Å². The highest BCUT2D eigenvalue weighted by atomic mass is 16.6. The van der Waals surface area contributed by atoms with E-state index in [-0.39, 0.29) is 25.2 Å². The zero-order valence-electron chi connectivity index (χ0n) is 40.0. The van der Waals surface area contributed by atoms with E-state index in [1.54, 1.807) is 0 Å². The number of rotatable bonds is 50. The Kier molecular flexibility index (Phi) is 49.8. The Morgan fingerprint density at radius 1 is 0.373 bits per heavy atom. The number of hydrogen-bond acceptors (Lipinski definition) is 5. The molecular weight excluding hydrogens is 729 g/mol. The van der Waals surface area contributed by atoms with Crippen LogP contribution in [-0.2, 0) is 19.1 Å². The second-order valence-corrected chi connectivity index (χ2v) is 18.3. The lowest BCUT2D eigenvalue weighted by molar-refractivity contribution is -0.161. The summed E-state index contributed by atoms with van der Waals surface area (Å²) in [6.07, 6.45) is 61.9. The molecule has 0 heterocycles. The topological polar surface area (TPSA) is 72.8 Å². The van der Waals surface area contributed by atoms with Crippen molar-refractivity contribution in [1.29, 1.82) is 0 Å². The zero-order chi connectivity index (χ0) is 42.8. The summed E-state index contributed by atoms with van der Waals surface area (Å²) < 4.78 is 10.7. The van der Waals surface area contributed by atoms with Crippen molar-refractivity contribution in [2.45, 2.75) is 309 Å². The first-order valence-electron chi connectivity index (χ1n) is 26.7. The van der Waals surface area contributed by atoms with Gasteiger partial charge in [-0.15, -0.1) is 0 Å². The molecule has 0 aliphatic rings. The molecular formula is C54H104O5. The van der Waals surface area contributed by atoms with E-state index in [4.69, 9.17) is 9.47 Å². The Morgan fingerprint density at radius 3 is 0.915 bits per heavy atom. The Labute approximate surface area is 369 Å². The molecule has 0 saturated heterocycles. The summed E-state index contributed by atoms with van der Waals surface area (Å²) in [4.78, 5) is 24.4. The maximum Gasteiger partial charge on any atom is 0.306 e. The molecule has 5 nitrogen and oxygen atoms in total. The van der Waals surface area contributed by atoms with Crippen LogP contribution >= 0.6 is 0 Å². The SMILES string of the molecule is CCCCCCC/C=C\CCCCCCCC(=O)OC(CO)COC(=O)CCCCCCCCCCCCCCCCCCCCCCCCCCCCCCCCC. The molecule has 350 valence electrons. The van der Waals surface area contributed by atoms with Gasteiger partial charge in [0.15, 0.2) is 6.10 Å². The van der Waals surface area contributed by atoms with Crippen LogP contribution in [0.15, 0.2) is 12.2 Å². The average Bonchev–Trinajstić information content (AvgIpc) is 3.24. The average molecular weight is 833 g/mol. The molecule has 0 fully saturated rings. The van der Waals surface area contributed by atoms with Crippen LogP contribution in [0.2, 0.25) is 0 Å². The van der Waals surface area contributed by atoms with Crippen LogP contribution in [0.1, 0.15) is 303 Å². The van der Waals surface area contributed by atoms with E-state index in [0.717, 1.165) is 38.5 Å². The fraction of sp³-hybridized carbons (Fsp3) is 0.926. The van der Waals surface area contributed by atoms with Crippen molar-refractivity contribution in [2.24, 2.45) is 0 Å². The monoisotopic (exact) mass is 833 g/mol. The molecule has 0 bridgehead atoms. The van der Waals surface area contributed by atoms with E-state index in [2.05, 4.69) is 26.0 Å². The number of allylic oxidation sites excluding steroid dienone is 2. The van der Waals surface area contributed by atoms with Gasteiger partial charge >= 0.3 is 11.9 Å². The summed E-state index contributed by atoms with van der Waals surface area (Å²) in [5.41, 5.74) is 0. The Balaban J connectivity index is 3.38. The number of aliphatic hydroxyl groups is 1. The third kappa shape index (κ3) is 49.2. The third-order valence-corrected chi connectivity index (χ3v) is 12.3. The van der Waals surface area contributed by atoms with Gasteiger partial charge in [-0.2, -0.15) is 0 Å². The van der Waals surface area contributed by atoms with Crippen molar-refractivity contribution < 1.29 is 24.2 Å². The number of unbranched alkanes of at least 4 members (excludes halogenated alkanes) is 40. The van der Waals surface area contributed by atoms with E-state index in [0.29, 0.717) is 12.8 Å². The highest BCUT2D eigenvalue weighted by Crippen LogP contribution is 2.17. The first-order valence-corrected chi connectivity index (χ1v) is 26.7. The Hall–Kier alpha value is -1.36. The molecule has 0 aromatic carbocycles. The number of carbonyl (C=O) groups is 2. The maximum atomic E-state index is 12.2. The molecule has 0 saturated carbocycles. The highest BCUT2D eigenvalue weighted by molar-refractivity contribution is 5.70. The van der Waals surface area contributed by atoms with Gasteiger partial charge < -0.3 is 14.6 Å².